The van der Waals surface area contributed by atoms with Crippen LogP contribution in [0.1, 0.15) is 5.56 Å². The van der Waals surface area contributed by atoms with Crippen molar-refractivity contribution in [2.45, 2.75) is 18.0 Å². The number of thioether (sulfide) groups is 1. The highest BCUT2D eigenvalue weighted by Gasteiger charge is 2.27. The fraction of sp³-hybridized carbons (Fsp3) is 0.273. The number of benzene rings is 1. The number of hydrogen-bond donors (Lipinski definition) is 2. The second-order valence-corrected chi connectivity index (χ2v) is 5.22. The second-order valence-electron chi connectivity index (χ2n) is 3.83. The summed E-state index contributed by atoms with van der Waals surface area (Å²) in [4.78, 5) is 10.7. The number of nitrogens with one attached hydrogen (secondary N) is 1. The molecule has 0 fully saturated rings. The van der Waals surface area contributed by atoms with E-state index in [9.17, 15) is 22.4 Å². The lowest BCUT2D eigenvalue weighted by atomic mass is 10.2. The monoisotopic (exact) mass is 342 g/mol. The van der Waals surface area contributed by atoms with Gasteiger partial charge in [0.25, 0.3) is 5.17 Å². The number of primary amides is 1. The molecule has 0 heterocycles. The van der Waals surface area contributed by atoms with Crippen LogP contribution < -0.4 is 11.1 Å². The van der Waals surface area contributed by atoms with Gasteiger partial charge in [-0.3, -0.25) is 0 Å². The number of amides is 1. The third-order valence-electron chi connectivity index (χ3n) is 2.09. The average Bonchev–Trinajstić information content (AvgIpc) is 2.28. The molecule has 0 aliphatic heterocycles. The lowest BCUT2D eigenvalue weighted by molar-refractivity contribution is -0.105. The molecule has 1 aromatic carbocycles. The fourth-order valence-corrected chi connectivity index (χ4v) is 2.29. The highest BCUT2D eigenvalue weighted by atomic mass is 32.2. The number of carbonyl (C=O) groups is 1. The Balaban J connectivity index is 2.90. The highest BCUT2D eigenvalue weighted by Crippen LogP contribution is 2.32. The summed E-state index contributed by atoms with van der Waals surface area (Å²) in [5.41, 5.74) is 4.85. The summed E-state index contributed by atoms with van der Waals surface area (Å²) in [7, 11) is 0. The molecule has 0 bridgehead atoms. The zero-order valence-electron chi connectivity index (χ0n) is 10.6. The molecule has 1 rings (SSSR count). The first-order chi connectivity index (χ1) is 9.58. The van der Waals surface area contributed by atoms with Gasteiger partial charge in [-0.2, -0.15) is 13.2 Å². The molecule has 3 N–H and O–H groups in total. The van der Waals surface area contributed by atoms with Crippen molar-refractivity contribution >= 4 is 40.9 Å². The Morgan fingerprint density at radius 2 is 2.10 bits per heavy atom. The van der Waals surface area contributed by atoms with E-state index in [1.54, 1.807) is 0 Å². The maximum absolute atomic E-state index is 13.7. The van der Waals surface area contributed by atoms with E-state index >= 15 is 0 Å². The van der Waals surface area contributed by atoms with Crippen LogP contribution in [0.4, 0.5) is 28.0 Å². The topological polar surface area (TPSA) is 64.3 Å². The van der Waals surface area contributed by atoms with Crippen LogP contribution in [0.5, 0.6) is 0 Å². The normalized spacial score (nSPS) is 11.1. The SMILES string of the molecule is Cc1cc(F)c(NC(=S)OC(N)=O)cc1SCC(F)(F)F. The van der Waals surface area contributed by atoms with Gasteiger partial charge in [-0.05, 0) is 36.8 Å². The van der Waals surface area contributed by atoms with E-state index in [1.807, 2.05) is 0 Å². The fourth-order valence-electron chi connectivity index (χ4n) is 1.29. The number of aryl methyl sites for hydroxylation is 1. The lowest BCUT2D eigenvalue weighted by Crippen LogP contribution is -2.22. The van der Waals surface area contributed by atoms with Gasteiger partial charge < -0.3 is 15.8 Å². The van der Waals surface area contributed by atoms with Crippen molar-refractivity contribution in [2.75, 3.05) is 11.1 Å². The van der Waals surface area contributed by atoms with Crippen molar-refractivity contribution in [1.29, 1.82) is 0 Å². The molecule has 0 aliphatic carbocycles. The number of halogens is 4. The van der Waals surface area contributed by atoms with Crippen molar-refractivity contribution in [3.05, 3.63) is 23.5 Å². The predicted molar refractivity (Wildman–Crippen MR) is 74.8 cm³/mol. The number of rotatable bonds is 3. The van der Waals surface area contributed by atoms with E-state index in [2.05, 4.69) is 22.3 Å². The molecule has 10 heteroatoms. The third kappa shape index (κ3) is 6.17. The molecule has 0 saturated carbocycles. The Kier molecular flexibility index (Phi) is 5.78. The smallest absolute Gasteiger partial charge is 0.383 e. The number of alkyl halides is 3. The van der Waals surface area contributed by atoms with Crippen molar-refractivity contribution in [2.24, 2.45) is 5.73 Å². The van der Waals surface area contributed by atoms with Crippen LogP contribution >= 0.6 is 24.0 Å². The molecule has 0 radical (unpaired) electrons. The zero-order chi connectivity index (χ0) is 16.2. The van der Waals surface area contributed by atoms with Gasteiger partial charge in [0.2, 0.25) is 0 Å². The minimum atomic E-state index is -4.34. The van der Waals surface area contributed by atoms with Crippen LogP contribution in [0, 0.1) is 12.7 Å². The molecule has 0 atom stereocenters. The van der Waals surface area contributed by atoms with Gasteiger partial charge in [0.05, 0.1) is 11.4 Å². The van der Waals surface area contributed by atoms with Crippen molar-refractivity contribution < 1.29 is 27.1 Å². The molecular weight excluding hydrogens is 332 g/mol. The Hall–Kier alpha value is -1.55. The first-order valence-corrected chi connectivity index (χ1v) is 6.76. The van der Waals surface area contributed by atoms with Crippen LogP contribution in [0.2, 0.25) is 0 Å². The van der Waals surface area contributed by atoms with E-state index in [-0.39, 0.29) is 10.6 Å². The number of carbonyl (C=O) groups excluding carboxylic acids is 1. The van der Waals surface area contributed by atoms with Crippen LogP contribution in [0.15, 0.2) is 17.0 Å². The third-order valence-corrected chi connectivity index (χ3v) is 3.49. The number of anilines is 1. The molecular formula is C11H10F4N2O2S2. The quantitative estimate of drug-likeness (QED) is 0.499. The van der Waals surface area contributed by atoms with Gasteiger partial charge in [-0.15, -0.1) is 11.8 Å². The molecule has 21 heavy (non-hydrogen) atoms. The van der Waals surface area contributed by atoms with Crippen LogP contribution in [-0.2, 0) is 4.74 Å². The first kappa shape index (κ1) is 17.5. The Bertz CT molecular complexity index is 564. The predicted octanol–water partition coefficient (Wildman–Crippen LogP) is 3.58. The molecule has 0 aliphatic rings. The van der Waals surface area contributed by atoms with E-state index in [4.69, 9.17) is 5.73 Å². The average molecular weight is 342 g/mol. The van der Waals surface area contributed by atoms with Crippen molar-refractivity contribution in [3.63, 3.8) is 0 Å². The van der Waals surface area contributed by atoms with Gasteiger partial charge >= 0.3 is 12.3 Å². The summed E-state index contributed by atoms with van der Waals surface area (Å²) >= 11 is 5.09. The van der Waals surface area contributed by atoms with Crippen molar-refractivity contribution in [1.82, 2.24) is 0 Å². The zero-order valence-corrected chi connectivity index (χ0v) is 12.2. The summed E-state index contributed by atoms with van der Waals surface area (Å²) in [6, 6.07) is 2.20. The number of hydrogen-bond acceptors (Lipinski definition) is 4. The van der Waals surface area contributed by atoms with Gasteiger partial charge in [0.15, 0.2) is 0 Å². The first-order valence-electron chi connectivity index (χ1n) is 5.36. The Morgan fingerprint density at radius 1 is 1.48 bits per heavy atom. The van der Waals surface area contributed by atoms with E-state index < -0.39 is 29.0 Å². The number of ether oxygens (including phenoxy) is 1. The van der Waals surface area contributed by atoms with Crippen molar-refractivity contribution in [3.8, 4) is 0 Å². The minimum Gasteiger partial charge on any atom is -0.383 e. The van der Waals surface area contributed by atoms with Crippen LogP contribution in [-0.4, -0.2) is 23.2 Å². The molecule has 0 unspecified atom stereocenters. The summed E-state index contributed by atoms with van der Waals surface area (Å²) in [5, 5.41) is 1.74. The lowest BCUT2D eigenvalue weighted by Gasteiger charge is -2.13. The molecule has 0 spiro atoms. The molecule has 0 aromatic heterocycles. The Morgan fingerprint density at radius 3 is 2.62 bits per heavy atom. The largest absolute Gasteiger partial charge is 0.411 e. The van der Waals surface area contributed by atoms with Gasteiger partial charge in [-0.25, -0.2) is 9.18 Å². The highest BCUT2D eigenvalue weighted by molar-refractivity contribution is 7.99. The molecule has 1 aromatic rings. The summed E-state index contributed by atoms with van der Waals surface area (Å²) in [6.45, 7) is 1.48. The molecule has 4 nitrogen and oxygen atoms in total. The van der Waals surface area contributed by atoms with Crippen LogP contribution in [0.3, 0.4) is 0 Å². The van der Waals surface area contributed by atoms with Gasteiger partial charge in [0, 0.05) is 4.90 Å². The maximum atomic E-state index is 13.7. The van der Waals surface area contributed by atoms with Crippen LogP contribution in [0.25, 0.3) is 0 Å². The maximum Gasteiger partial charge on any atom is 0.411 e. The van der Waals surface area contributed by atoms with E-state index in [1.165, 1.54) is 6.92 Å². The standard InChI is InChI=1S/C11H10F4N2O2S2/c1-5-2-6(12)7(17-10(20)19-9(16)18)3-8(5)21-4-11(13,14)15/h2-3H,4H2,1H3,(H2,16,18)(H,17,20). The molecule has 1 amide bonds. The van der Waals surface area contributed by atoms with Gasteiger partial charge in [-0.1, -0.05) is 0 Å². The summed E-state index contributed by atoms with van der Waals surface area (Å²) < 4.78 is 54.6. The summed E-state index contributed by atoms with van der Waals surface area (Å²) in [5.74, 6) is -1.86. The Labute approximate surface area is 127 Å². The minimum absolute atomic E-state index is 0.212. The number of nitrogens with two attached hydrogens (primary N) is 1. The molecule has 0 saturated heterocycles. The summed E-state index contributed by atoms with van der Waals surface area (Å²) in [6.07, 6.45) is -5.53. The number of thiocarbonyl (C=S) groups is 1. The van der Waals surface area contributed by atoms with E-state index in [0.717, 1.165) is 12.1 Å². The second kappa shape index (κ2) is 6.94. The van der Waals surface area contributed by atoms with E-state index in [0.29, 0.717) is 17.3 Å². The van der Waals surface area contributed by atoms with Gasteiger partial charge in [0.1, 0.15) is 5.82 Å². The molecule has 116 valence electrons.